The Balaban J connectivity index is 2.01. The van der Waals surface area contributed by atoms with Gasteiger partial charge in [0.1, 0.15) is 12.2 Å². The molecule has 2 rings (SSSR count). The number of ether oxygens (including phenoxy) is 1. The monoisotopic (exact) mass is 294 g/mol. The molecular weight excluding hydrogens is 264 g/mol. The lowest BCUT2D eigenvalue weighted by Gasteiger charge is -2.31. The molecule has 2 heterocycles. The first-order chi connectivity index (χ1) is 10.2. The van der Waals surface area contributed by atoms with Crippen molar-refractivity contribution in [3.05, 3.63) is 12.2 Å². The smallest absolute Gasteiger partial charge is 0.138 e. The molecule has 0 bridgehead atoms. The molecule has 1 fully saturated rings. The summed E-state index contributed by atoms with van der Waals surface area (Å²) in [6.45, 7) is 9.48. The highest BCUT2D eigenvalue weighted by molar-refractivity contribution is 4.93. The molecule has 0 saturated carbocycles. The van der Waals surface area contributed by atoms with Crippen LogP contribution in [0.4, 0.5) is 0 Å². The maximum Gasteiger partial charge on any atom is 0.138 e. The van der Waals surface area contributed by atoms with E-state index in [9.17, 15) is 0 Å². The predicted octanol–water partition coefficient (Wildman–Crippen LogP) is 2.41. The van der Waals surface area contributed by atoms with Crippen molar-refractivity contribution in [2.45, 2.75) is 71.6 Å². The molecule has 0 radical (unpaired) electrons. The standard InChI is InChI=1S/C16H30N4O/c1-4-8-17-14(15-7-5-6-9-21-15)10-16-18-12-19-20(16)11-13(2)3/h12-15,17H,4-11H2,1-3H3. The van der Waals surface area contributed by atoms with Gasteiger partial charge in [-0.2, -0.15) is 5.10 Å². The van der Waals surface area contributed by atoms with Crippen molar-refractivity contribution >= 4 is 0 Å². The lowest BCUT2D eigenvalue weighted by molar-refractivity contribution is -0.00797. The first-order valence-corrected chi connectivity index (χ1v) is 8.42. The van der Waals surface area contributed by atoms with Crippen molar-refractivity contribution in [1.29, 1.82) is 0 Å². The number of hydrogen-bond donors (Lipinski definition) is 1. The molecule has 21 heavy (non-hydrogen) atoms. The van der Waals surface area contributed by atoms with Crippen molar-refractivity contribution < 1.29 is 4.74 Å². The summed E-state index contributed by atoms with van der Waals surface area (Å²) in [5, 5.41) is 8.02. The number of nitrogens with zero attached hydrogens (tertiary/aromatic N) is 3. The molecule has 1 saturated heterocycles. The van der Waals surface area contributed by atoms with E-state index in [0.717, 1.165) is 44.8 Å². The zero-order chi connectivity index (χ0) is 15.1. The Hall–Kier alpha value is -0.940. The average Bonchev–Trinajstić information content (AvgIpc) is 2.90. The normalized spacial score (nSPS) is 20.9. The van der Waals surface area contributed by atoms with Crippen molar-refractivity contribution in [3.8, 4) is 0 Å². The molecule has 5 nitrogen and oxygen atoms in total. The summed E-state index contributed by atoms with van der Waals surface area (Å²) < 4.78 is 8.04. The Labute approximate surface area is 128 Å². The molecule has 5 heteroatoms. The van der Waals surface area contributed by atoms with Crippen molar-refractivity contribution in [2.75, 3.05) is 13.2 Å². The Morgan fingerprint density at radius 1 is 1.43 bits per heavy atom. The molecule has 0 spiro atoms. The van der Waals surface area contributed by atoms with Gasteiger partial charge in [0.2, 0.25) is 0 Å². The van der Waals surface area contributed by atoms with Crippen LogP contribution in [0, 0.1) is 5.92 Å². The topological polar surface area (TPSA) is 52.0 Å². The summed E-state index contributed by atoms with van der Waals surface area (Å²) in [5.41, 5.74) is 0. The third kappa shape index (κ3) is 5.08. The van der Waals surface area contributed by atoms with Gasteiger partial charge in [-0.3, -0.25) is 0 Å². The van der Waals surface area contributed by atoms with Crippen LogP contribution in [-0.4, -0.2) is 40.1 Å². The lowest BCUT2D eigenvalue weighted by Crippen LogP contribution is -2.45. The second kappa shape index (κ2) is 8.49. The van der Waals surface area contributed by atoms with E-state index in [2.05, 4.69) is 36.2 Å². The second-order valence-electron chi connectivity index (χ2n) is 6.42. The molecule has 1 aromatic heterocycles. The van der Waals surface area contributed by atoms with E-state index in [1.54, 1.807) is 6.33 Å². The Morgan fingerprint density at radius 2 is 2.29 bits per heavy atom. The van der Waals surface area contributed by atoms with Crippen LogP contribution in [-0.2, 0) is 17.7 Å². The Kier molecular flexibility index (Phi) is 6.64. The molecule has 1 aromatic rings. The van der Waals surface area contributed by atoms with Crippen LogP contribution < -0.4 is 5.32 Å². The highest BCUT2D eigenvalue weighted by Gasteiger charge is 2.25. The van der Waals surface area contributed by atoms with Crippen LogP contribution in [0.2, 0.25) is 0 Å². The maximum atomic E-state index is 5.99. The third-order valence-electron chi connectivity index (χ3n) is 3.96. The van der Waals surface area contributed by atoms with Crippen LogP contribution in [0.3, 0.4) is 0 Å². The minimum absolute atomic E-state index is 0.314. The molecule has 2 atom stereocenters. The molecule has 1 aliphatic heterocycles. The van der Waals surface area contributed by atoms with Crippen LogP contribution >= 0.6 is 0 Å². The Bertz CT molecular complexity index is 399. The second-order valence-corrected chi connectivity index (χ2v) is 6.42. The fraction of sp³-hybridized carbons (Fsp3) is 0.875. The highest BCUT2D eigenvalue weighted by Crippen LogP contribution is 2.18. The first-order valence-electron chi connectivity index (χ1n) is 8.42. The molecule has 0 aromatic carbocycles. The molecule has 0 amide bonds. The summed E-state index contributed by atoms with van der Waals surface area (Å²) >= 11 is 0. The van der Waals surface area contributed by atoms with Gasteiger partial charge in [0.25, 0.3) is 0 Å². The predicted molar refractivity (Wildman–Crippen MR) is 84.2 cm³/mol. The largest absolute Gasteiger partial charge is 0.377 e. The quantitative estimate of drug-likeness (QED) is 0.800. The number of rotatable bonds is 8. The average molecular weight is 294 g/mol. The molecule has 0 aliphatic carbocycles. The number of hydrogen-bond acceptors (Lipinski definition) is 4. The highest BCUT2D eigenvalue weighted by atomic mass is 16.5. The Morgan fingerprint density at radius 3 is 2.95 bits per heavy atom. The summed E-state index contributed by atoms with van der Waals surface area (Å²) in [5.74, 6) is 1.66. The van der Waals surface area contributed by atoms with Gasteiger partial charge in [0.05, 0.1) is 6.10 Å². The number of aromatic nitrogens is 3. The molecule has 1 aliphatic rings. The lowest BCUT2D eigenvalue weighted by atomic mass is 9.99. The van der Waals surface area contributed by atoms with Crippen molar-refractivity contribution in [2.24, 2.45) is 5.92 Å². The van der Waals surface area contributed by atoms with Gasteiger partial charge >= 0.3 is 0 Å². The van der Waals surface area contributed by atoms with Crippen molar-refractivity contribution in [3.63, 3.8) is 0 Å². The van der Waals surface area contributed by atoms with E-state index in [-0.39, 0.29) is 0 Å². The minimum atomic E-state index is 0.314. The molecule has 1 N–H and O–H groups in total. The summed E-state index contributed by atoms with van der Waals surface area (Å²) in [4.78, 5) is 4.47. The number of nitrogens with one attached hydrogen (secondary N) is 1. The third-order valence-corrected chi connectivity index (χ3v) is 3.96. The molecule has 2 unspecified atom stereocenters. The first kappa shape index (κ1) is 16.4. The van der Waals surface area contributed by atoms with Crippen LogP contribution in [0.15, 0.2) is 6.33 Å². The van der Waals surface area contributed by atoms with E-state index in [1.807, 2.05) is 4.68 Å². The zero-order valence-electron chi connectivity index (χ0n) is 13.7. The summed E-state index contributed by atoms with van der Waals surface area (Å²) in [6, 6.07) is 0.348. The fourth-order valence-electron chi connectivity index (χ4n) is 2.89. The van der Waals surface area contributed by atoms with E-state index in [4.69, 9.17) is 4.74 Å². The van der Waals surface area contributed by atoms with E-state index in [0.29, 0.717) is 18.1 Å². The van der Waals surface area contributed by atoms with Gasteiger partial charge in [-0.25, -0.2) is 9.67 Å². The van der Waals surface area contributed by atoms with Crippen LogP contribution in [0.1, 0.15) is 52.3 Å². The van der Waals surface area contributed by atoms with Crippen LogP contribution in [0.25, 0.3) is 0 Å². The molecular formula is C16H30N4O. The van der Waals surface area contributed by atoms with E-state index < -0.39 is 0 Å². The van der Waals surface area contributed by atoms with Gasteiger partial charge < -0.3 is 10.1 Å². The molecule has 120 valence electrons. The SMILES string of the molecule is CCCNC(Cc1ncnn1CC(C)C)C1CCCCO1. The van der Waals surface area contributed by atoms with Gasteiger partial charge in [0, 0.05) is 25.6 Å². The minimum Gasteiger partial charge on any atom is -0.377 e. The van der Waals surface area contributed by atoms with Crippen molar-refractivity contribution in [1.82, 2.24) is 20.1 Å². The fourth-order valence-corrected chi connectivity index (χ4v) is 2.89. The van der Waals surface area contributed by atoms with Gasteiger partial charge in [-0.1, -0.05) is 20.8 Å². The van der Waals surface area contributed by atoms with Gasteiger partial charge in [-0.05, 0) is 38.1 Å². The summed E-state index contributed by atoms with van der Waals surface area (Å²) in [6.07, 6.45) is 7.65. The summed E-state index contributed by atoms with van der Waals surface area (Å²) in [7, 11) is 0. The van der Waals surface area contributed by atoms with Crippen LogP contribution in [0.5, 0.6) is 0 Å². The van der Waals surface area contributed by atoms with Gasteiger partial charge in [0.15, 0.2) is 0 Å². The maximum absolute atomic E-state index is 5.99. The van der Waals surface area contributed by atoms with E-state index in [1.165, 1.54) is 12.8 Å². The zero-order valence-corrected chi connectivity index (χ0v) is 13.7. The van der Waals surface area contributed by atoms with Gasteiger partial charge in [-0.15, -0.1) is 0 Å². The van der Waals surface area contributed by atoms with E-state index >= 15 is 0 Å².